The molecule has 1 heterocycles. The van der Waals surface area contributed by atoms with E-state index in [-0.39, 0.29) is 12.5 Å². The third-order valence-electron chi connectivity index (χ3n) is 5.29. The molecule has 1 aliphatic rings. The minimum atomic E-state index is -0.768. The molecule has 6 heteroatoms. The van der Waals surface area contributed by atoms with Crippen molar-refractivity contribution < 1.29 is 14.8 Å². The molecule has 1 fully saturated rings. The summed E-state index contributed by atoms with van der Waals surface area (Å²) in [5, 5.41) is 11.5. The fourth-order valence-electron chi connectivity index (χ4n) is 3.77. The van der Waals surface area contributed by atoms with Crippen LogP contribution in [0.2, 0.25) is 0 Å². The van der Waals surface area contributed by atoms with Crippen LogP contribution in [0, 0.1) is 0 Å². The largest absolute Gasteiger partial charge is 0.315 e. The first-order valence-electron chi connectivity index (χ1n) is 9.68. The Morgan fingerprint density at radius 3 is 2.37 bits per heavy atom. The van der Waals surface area contributed by atoms with E-state index in [0.29, 0.717) is 11.8 Å². The Balaban J connectivity index is 1.58. The van der Waals surface area contributed by atoms with E-state index in [0.717, 1.165) is 27.1 Å². The average Bonchev–Trinajstić information content (AvgIpc) is 3.11. The van der Waals surface area contributed by atoms with Crippen LogP contribution in [0.4, 0.5) is 0 Å². The SMILES string of the molecule is O=CC1CN(C(=O)c2ccc(Cc3ccccc3)cc2)C(c2cccc(Br)c2)N1O. The average molecular weight is 465 g/mol. The first-order chi connectivity index (χ1) is 14.6. The second-order valence-electron chi connectivity index (χ2n) is 7.33. The molecule has 30 heavy (non-hydrogen) atoms. The first kappa shape index (κ1) is 20.5. The van der Waals surface area contributed by atoms with Crippen molar-refractivity contribution in [2.24, 2.45) is 0 Å². The molecular formula is C24H21BrN2O3. The maximum atomic E-state index is 13.3. The van der Waals surface area contributed by atoms with Gasteiger partial charge < -0.3 is 14.9 Å². The zero-order chi connectivity index (χ0) is 21.1. The number of hydroxylamine groups is 2. The molecule has 1 saturated heterocycles. The number of carbonyl (C=O) groups excluding carboxylic acids is 2. The smallest absolute Gasteiger partial charge is 0.255 e. The van der Waals surface area contributed by atoms with Gasteiger partial charge >= 0.3 is 0 Å². The summed E-state index contributed by atoms with van der Waals surface area (Å²) < 4.78 is 0.834. The number of nitrogens with zero attached hydrogens (tertiary/aromatic N) is 2. The van der Waals surface area contributed by atoms with E-state index in [1.807, 2.05) is 54.6 Å². The van der Waals surface area contributed by atoms with Crippen LogP contribution in [0.3, 0.4) is 0 Å². The Hall–Kier alpha value is -2.80. The molecule has 0 aromatic heterocycles. The number of rotatable bonds is 5. The lowest BCUT2D eigenvalue weighted by atomic mass is 10.0. The van der Waals surface area contributed by atoms with Crippen LogP contribution in [0.15, 0.2) is 83.3 Å². The summed E-state index contributed by atoms with van der Waals surface area (Å²) in [6.45, 7) is 0.127. The van der Waals surface area contributed by atoms with E-state index in [1.54, 1.807) is 12.1 Å². The van der Waals surface area contributed by atoms with Crippen LogP contribution in [-0.2, 0) is 11.2 Å². The second-order valence-corrected chi connectivity index (χ2v) is 8.24. The number of hydrogen-bond donors (Lipinski definition) is 1. The lowest BCUT2D eigenvalue weighted by Gasteiger charge is -2.27. The van der Waals surface area contributed by atoms with E-state index in [4.69, 9.17) is 0 Å². The maximum absolute atomic E-state index is 13.3. The lowest BCUT2D eigenvalue weighted by molar-refractivity contribution is -0.154. The molecule has 1 amide bonds. The molecule has 0 aliphatic carbocycles. The van der Waals surface area contributed by atoms with Crippen LogP contribution < -0.4 is 0 Å². The summed E-state index contributed by atoms with van der Waals surface area (Å²) in [6, 6.07) is 24.2. The molecule has 1 aliphatic heterocycles. The van der Waals surface area contributed by atoms with Gasteiger partial charge in [0.05, 0.1) is 0 Å². The fourth-order valence-corrected chi connectivity index (χ4v) is 4.19. The molecule has 0 saturated carbocycles. The van der Waals surface area contributed by atoms with Crippen molar-refractivity contribution in [3.63, 3.8) is 0 Å². The normalized spacial score (nSPS) is 19.1. The summed E-state index contributed by atoms with van der Waals surface area (Å²) in [7, 11) is 0. The van der Waals surface area contributed by atoms with Crippen molar-refractivity contribution in [2.45, 2.75) is 18.6 Å². The summed E-state index contributed by atoms with van der Waals surface area (Å²) in [5.74, 6) is -0.227. The molecule has 5 nitrogen and oxygen atoms in total. The van der Waals surface area contributed by atoms with Gasteiger partial charge in [-0.05, 0) is 47.4 Å². The second kappa shape index (κ2) is 8.92. The third kappa shape index (κ3) is 4.21. The van der Waals surface area contributed by atoms with Gasteiger partial charge in [-0.1, -0.05) is 70.5 Å². The summed E-state index contributed by atoms with van der Waals surface area (Å²) >= 11 is 3.43. The van der Waals surface area contributed by atoms with Crippen LogP contribution in [0.25, 0.3) is 0 Å². The van der Waals surface area contributed by atoms with Crippen molar-refractivity contribution in [1.82, 2.24) is 9.96 Å². The molecule has 0 spiro atoms. The number of halogens is 1. The number of carbonyl (C=O) groups is 2. The fraction of sp³-hybridized carbons (Fsp3) is 0.167. The molecule has 4 rings (SSSR count). The zero-order valence-corrected chi connectivity index (χ0v) is 17.8. The molecule has 3 aromatic carbocycles. The van der Waals surface area contributed by atoms with Gasteiger partial charge in [-0.3, -0.25) is 4.79 Å². The molecular weight excluding hydrogens is 444 g/mol. The van der Waals surface area contributed by atoms with Gasteiger partial charge in [0.25, 0.3) is 5.91 Å². The van der Waals surface area contributed by atoms with E-state index >= 15 is 0 Å². The van der Waals surface area contributed by atoms with Crippen LogP contribution in [0.1, 0.15) is 33.2 Å². The summed E-state index contributed by atoms with van der Waals surface area (Å²) in [5.41, 5.74) is 3.56. The Bertz CT molecular complexity index is 1040. The van der Waals surface area contributed by atoms with Gasteiger partial charge in [0, 0.05) is 16.6 Å². The van der Waals surface area contributed by atoms with E-state index in [1.165, 1.54) is 10.5 Å². The Labute approximate surface area is 183 Å². The minimum Gasteiger partial charge on any atom is -0.315 e. The summed E-state index contributed by atoms with van der Waals surface area (Å²) in [4.78, 5) is 26.2. The number of benzene rings is 3. The van der Waals surface area contributed by atoms with Crippen molar-refractivity contribution in [3.8, 4) is 0 Å². The number of aldehydes is 1. The van der Waals surface area contributed by atoms with Gasteiger partial charge in [0.2, 0.25) is 0 Å². The van der Waals surface area contributed by atoms with E-state index in [2.05, 4.69) is 28.1 Å². The molecule has 1 N–H and O–H groups in total. The Morgan fingerprint density at radius 1 is 1.00 bits per heavy atom. The molecule has 3 aromatic rings. The van der Waals surface area contributed by atoms with Crippen LogP contribution >= 0.6 is 15.9 Å². The summed E-state index contributed by atoms with van der Waals surface area (Å²) in [6.07, 6.45) is 0.729. The van der Waals surface area contributed by atoms with Gasteiger partial charge in [0.1, 0.15) is 18.5 Å². The standard InChI is InChI=1S/C24H21BrN2O3/c25-21-8-4-7-20(14-21)23-26(15-22(16-28)27(23)30)24(29)19-11-9-18(10-12-19)13-17-5-2-1-3-6-17/h1-12,14,16,22-23,30H,13,15H2. The van der Waals surface area contributed by atoms with Gasteiger partial charge in [-0.15, -0.1) is 0 Å². The van der Waals surface area contributed by atoms with Gasteiger partial charge in [-0.25, -0.2) is 0 Å². The number of hydrogen-bond acceptors (Lipinski definition) is 4. The maximum Gasteiger partial charge on any atom is 0.255 e. The predicted molar refractivity (Wildman–Crippen MR) is 117 cm³/mol. The topological polar surface area (TPSA) is 60.9 Å². The molecule has 2 atom stereocenters. The van der Waals surface area contributed by atoms with Crippen molar-refractivity contribution in [1.29, 1.82) is 0 Å². The van der Waals surface area contributed by atoms with Gasteiger partial charge in [0.15, 0.2) is 0 Å². The highest BCUT2D eigenvalue weighted by molar-refractivity contribution is 9.10. The van der Waals surface area contributed by atoms with Crippen molar-refractivity contribution >= 4 is 28.1 Å². The molecule has 0 radical (unpaired) electrons. The van der Waals surface area contributed by atoms with Crippen molar-refractivity contribution in [2.75, 3.05) is 6.54 Å². The molecule has 2 unspecified atom stereocenters. The highest BCUT2D eigenvalue weighted by Crippen LogP contribution is 2.34. The highest BCUT2D eigenvalue weighted by atomic mass is 79.9. The predicted octanol–water partition coefficient (Wildman–Crippen LogP) is 4.45. The van der Waals surface area contributed by atoms with Crippen LogP contribution in [-0.4, -0.2) is 40.0 Å². The lowest BCUT2D eigenvalue weighted by Crippen LogP contribution is -2.34. The van der Waals surface area contributed by atoms with E-state index in [9.17, 15) is 14.8 Å². The van der Waals surface area contributed by atoms with Crippen LogP contribution in [0.5, 0.6) is 0 Å². The van der Waals surface area contributed by atoms with Gasteiger partial charge in [-0.2, -0.15) is 5.06 Å². The Morgan fingerprint density at radius 2 is 1.70 bits per heavy atom. The highest BCUT2D eigenvalue weighted by Gasteiger charge is 2.42. The quantitative estimate of drug-likeness (QED) is 0.566. The number of amides is 1. The third-order valence-corrected chi connectivity index (χ3v) is 5.78. The molecule has 0 bridgehead atoms. The monoisotopic (exact) mass is 464 g/mol. The van der Waals surface area contributed by atoms with E-state index < -0.39 is 12.2 Å². The minimum absolute atomic E-state index is 0.127. The Kier molecular flexibility index (Phi) is 6.08. The molecule has 152 valence electrons. The first-order valence-corrected chi connectivity index (χ1v) is 10.5. The van der Waals surface area contributed by atoms with Crippen molar-refractivity contribution in [3.05, 3.63) is 106 Å². The zero-order valence-electron chi connectivity index (χ0n) is 16.2.